The Morgan fingerprint density at radius 1 is 0.650 bits per heavy atom. The van der Waals surface area contributed by atoms with Crippen molar-refractivity contribution < 1.29 is 33.7 Å². The average molecular weight is 557 g/mol. The van der Waals surface area contributed by atoms with E-state index in [1.807, 2.05) is 41.5 Å². The number of nitrogens with one attached hydrogen (secondary N) is 2. The van der Waals surface area contributed by atoms with E-state index < -0.39 is 35.7 Å². The van der Waals surface area contributed by atoms with E-state index >= 15 is 0 Å². The van der Waals surface area contributed by atoms with Crippen molar-refractivity contribution in [3.8, 4) is 11.5 Å². The van der Waals surface area contributed by atoms with Gasteiger partial charge in [0, 0.05) is 12.8 Å². The largest absolute Gasteiger partial charge is 0.488 e. The van der Waals surface area contributed by atoms with Gasteiger partial charge in [0.25, 0.3) is 0 Å². The molecule has 9 heteroatoms. The van der Waals surface area contributed by atoms with Crippen molar-refractivity contribution in [2.75, 3.05) is 0 Å². The van der Waals surface area contributed by atoms with E-state index in [-0.39, 0.29) is 24.0 Å². The molecule has 0 saturated carbocycles. The van der Waals surface area contributed by atoms with Crippen molar-refractivity contribution in [2.45, 2.75) is 104 Å². The first kappa shape index (κ1) is 32.5. The van der Waals surface area contributed by atoms with E-state index in [9.17, 15) is 19.5 Å². The van der Waals surface area contributed by atoms with Gasteiger partial charge in [0.1, 0.15) is 40.4 Å². The first-order valence-corrected chi connectivity index (χ1v) is 13.4. The van der Waals surface area contributed by atoms with E-state index in [0.717, 1.165) is 5.56 Å². The van der Waals surface area contributed by atoms with Crippen LogP contribution < -0.4 is 20.1 Å². The van der Waals surface area contributed by atoms with Gasteiger partial charge in [-0.2, -0.15) is 0 Å². The van der Waals surface area contributed by atoms with E-state index in [1.54, 1.807) is 69.3 Å². The number of benzene rings is 2. The molecule has 0 heterocycles. The summed E-state index contributed by atoms with van der Waals surface area (Å²) in [6.45, 7) is 16.8. The van der Waals surface area contributed by atoms with E-state index in [1.165, 1.54) is 0 Å². The lowest BCUT2D eigenvalue weighted by atomic mass is 10.0. The van der Waals surface area contributed by atoms with Crippen LogP contribution in [0.15, 0.2) is 48.5 Å². The number of carbonyl (C=O) groups excluding carboxylic acids is 2. The summed E-state index contributed by atoms with van der Waals surface area (Å²) in [7, 11) is 0. The number of amides is 2. The molecule has 2 amide bonds. The van der Waals surface area contributed by atoms with Crippen molar-refractivity contribution in [1.29, 1.82) is 0 Å². The molecule has 0 aliphatic carbocycles. The zero-order valence-electron chi connectivity index (χ0n) is 25.1. The third-order valence-corrected chi connectivity index (χ3v) is 5.20. The van der Waals surface area contributed by atoms with Gasteiger partial charge >= 0.3 is 12.1 Å². The van der Waals surface area contributed by atoms with Gasteiger partial charge in [-0.1, -0.05) is 24.3 Å². The molecule has 0 unspecified atom stereocenters. The Hall–Kier alpha value is -3.75. The molecule has 220 valence electrons. The van der Waals surface area contributed by atoms with Gasteiger partial charge in [-0.15, -0.1) is 0 Å². The SMILES string of the molecule is CC(C)(C)OC(=O)N[C@@H](Cc1ccc(OC(C)(C)C)cc1)C(=O)N[C@@H](Cc1ccc(OC(C)(C)C)cc1)C(=O)O. The Bertz CT molecular complexity index is 1140. The monoisotopic (exact) mass is 556 g/mol. The Morgan fingerprint density at radius 2 is 1.05 bits per heavy atom. The lowest BCUT2D eigenvalue weighted by molar-refractivity contribution is -0.142. The minimum Gasteiger partial charge on any atom is -0.488 e. The molecule has 2 rings (SSSR count). The lowest BCUT2D eigenvalue weighted by Crippen LogP contribution is -2.53. The predicted octanol–water partition coefficient (Wildman–Crippen LogP) is 5.29. The van der Waals surface area contributed by atoms with Gasteiger partial charge in [0.15, 0.2) is 0 Å². The lowest BCUT2D eigenvalue weighted by Gasteiger charge is -2.25. The number of ether oxygens (including phenoxy) is 3. The van der Waals surface area contributed by atoms with Crippen molar-refractivity contribution in [3.05, 3.63) is 59.7 Å². The molecule has 0 radical (unpaired) electrons. The highest BCUT2D eigenvalue weighted by molar-refractivity contribution is 5.89. The summed E-state index contributed by atoms with van der Waals surface area (Å²) in [6, 6.07) is 11.9. The highest BCUT2D eigenvalue weighted by Crippen LogP contribution is 2.21. The number of rotatable bonds is 10. The third-order valence-electron chi connectivity index (χ3n) is 5.20. The summed E-state index contributed by atoms with van der Waals surface area (Å²) >= 11 is 0. The molecule has 3 N–H and O–H groups in total. The van der Waals surface area contributed by atoms with Gasteiger partial charge in [-0.25, -0.2) is 9.59 Å². The van der Waals surface area contributed by atoms with E-state index in [2.05, 4.69) is 10.6 Å². The first-order chi connectivity index (χ1) is 18.3. The third kappa shape index (κ3) is 12.4. The molecule has 2 aromatic rings. The molecule has 0 fully saturated rings. The van der Waals surface area contributed by atoms with Crippen LogP contribution in [0.25, 0.3) is 0 Å². The molecule has 0 spiro atoms. The number of alkyl carbamates (subject to hydrolysis) is 1. The molecule has 9 nitrogen and oxygen atoms in total. The van der Waals surface area contributed by atoms with Crippen LogP contribution in [0.2, 0.25) is 0 Å². The average Bonchev–Trinajstić information content (AvgIpc) is 2.77. The molecule has 2 aromatic carbocycles. The Morgan fingerprint density at radius 3 is 1.40 bits per heavy atom. The summed E-state index contributed by atoms with van der Waals surface area (Å²) in [5.74, 6) is -0.501. The molecular formula is C31H44N2O7. The highest BCUT2D eigenvalue weighted by atomic mass is 16.6. The quantitative estimate of drug-likeness (QED) is 0.363. The Labute approximate surface area is 237 Å². The van der Waals surface area contributed by atoms with Crippen LogP contribution in [0.3, 0.4) is 0 Å². The summed E-state index contributed by atoms with van der Waals surface area (Å²) in [5, 5.41) is 15.0. The smallest absolute Gasteiger partial charge is 0.408 e. The van der Waals surface area contributed by atoms with Crippen LogP contribution in [0.5, 0.6) is 11.5 Å². The number of carbonyl (C=O) groups is 3. The van der Waals surface area contributed by atoms with Crippen LogP contribution in [0.1, 0.15) is 73.4 Å². The normalized spacial score (nSPS) is 13.5. The molecule has 0 aliphatic heterocycles. The van der Waals surface area contributed by atoms with Gasteiger partial charge in [0.2, 0.25) is 5.91 Å². The first-order valence-electron chi connectivity index (χ1n) is 13.4. The molecule has 2 atom stereocenters. The van der Waals surface area contributed by atoms with Gasteiger partial charge in [-0.3, -0.25) is 4.79 Å². The van der Waals surface area contributed by atoms with Gasteiger partial charge < -0.3 is 30.0 Å². The number of aliphatic carboxylic acids is 1. The maximum atomic E-state index is 13.3. The van der Waals surface area contributed by atoms with Crippen LogP contribution in [0.4, 0.5) is 4.79 Å². The zero-order chi connectivity index (χ0) is 30.3. The Kier molecular flexibility index (Phi) is 10.6. The summed E-state index contributed by atoms with van der Waals surface area (Å²) < 4.78 is 17.0. The minimum atomic E-state index is -1.22. The fourth-order valence-corrected chi connectivity index (χ4v) is 3.70. The fraction of sp³-hybridized carbons (Fsp3) is 0.516. The van der Waals surface area contributed by atoms with E-state index in [4.69, 9.17) is 14.2 Å². The molecular weight excluding hydrogens is 512 g/mol. The maximum Gasteiger partial charge on any atom is 0.408 e. The number of hydrogen-bond acceptors (Lipinski definition) is 6. The molecule has 40 heavy (non-hydrogen) atoms. The zero-order valence-corrected chi connectivity index (χ0v) is 25.1. The second-order valence-electron chi connectivity index (χ2n) is 12.7. The van der Waals surface area contributed by atoms with E-state index in [0.29, 0.717) is 17.1 Å². The van der Waals surface area contributed by atoms with Crippen LogP contribution in [-0.2, 0) is 27.2 Å². The van der Waals surface area contributed by atoms with Crippen LogP contribution >= 0.6 is 0 Å². The molecule has 0 bridgehead atoms. The maximum absolute atomic E-state index is 13.3. The van der Waals surface area contributed by atoms with Gasteiger partial charge in [0.05, 0.1) is 0 Å². The Balaban J connectivity index is 2.19. The van der Waals surface area contributed by atoms with Crippen molar-refractivity contribution in [1.82, 2.24) is 10.6 Å². The van der Waals surface area contributed by atoms with Crippen molar-refractivity contribution >= 4 is 18.0 Å². The van der Waals surface area contributed by atoms with Crippen molar-refractivity contribution in [3.63, 3.8) is 0 Å². The van der Waals surface area contributed by atoms with Gasteiger partial charge in [-0.05, 0) is 97.7 Å². The second kappa shape index (κ2) is 13.1. The van der Waals surface area contributed by atoms with Crippen LogP contribution in [-0.4, -0.2) is 52.0 Å². The predicted molar refractivity (Wildman–Crippen MR) is 154 cm³/mol. The number of carboxylic acid groups (broad SMARTS) is 1. The number of carboxylic acids is 1. The van der Waals surface area contributed by atoms with Crippen LogP contribution in [0, 0.1) is 0 Å². The second-order valence-corrected chi connectivity index (χ2v) is 12.7. The highest BCUT2D eigenvalue weighted by Gasteiger charge is 2.29. The minimum absolute atomic E-state index is 0.0505. The summed E-state index contributed by atoms with van der Waals surface area (Å²) in [6.07, 6.45) is -0.609. The number of hydrogen-bond donors (Lipinski definition) is 3. The van der Waals surface area contributed by atoms with Crippen molar-refractivity contribution in [2.24, 2.45) is 0 Å². The topological polar surface area (TPSA) is 123 Å². The molecule has 0 aromatic heterocycles. The molecule has 0 aliphatic rings. The molecule has 0 saturated heterocycles. The summed E-state index contributed by atoms with van der Waals surface area (Å²) in [5.41, 5.74) is -0.0500. The standard InChI is InChI=1S/C31H44N2O7/c1-29(2,3)38-22-14-10-20(11-15-22)18-24(33-28(37)40-31(7,8)9)26(34)32-25(27(35)36)19-21-12-16-23(17-13-21)39-30(4,5)6/h10-17,24-25H,18-19H2,1-9H3,(H,32,34)(H,33,37)(H,35,36)/t24-,25-/m0/s1. The summed E-state index contributed by atoms with van der Waals surface area (Å²) in [4.78, 5) is 38.0. The fourth-order valence-electron chi connectivity index (χ4n) is 3.70.